The molecule has 1 aromatic carbocycles. The number of imidazole rings is 1. The highest BCUT2D eigenvalue weighted by atomic mass is 16.2. The number of carbonyl (C=O) groups excluding carboxylic acids is 2. The van der Waals surface area contributed by atoms with Crippen LogP contribution in [0.3, 0.4) is 0 Å². The van der Waals surface area contributed by atoms with Gasteiger partial charge in [-0.1, -0.05) is 32.4 Å². The van der Waals surface area contributed by atoms with Crippen LogP contribution in [0.4, 0.5) is 4.79 Å². The molecule has 0 saturated carbocycles. The summed E-state index contributed by atoms with van der Waals surface area (Å²) >= 11 is 0. The molecule has 0 aliphatic rings. The van der Waals surface area contributed by atoms with E-state index >= 15 is 0 Å². The number of hydrogen-bond acceptors (Lipinski definition) is 3. The topological polar surface area (TPSA) is 113 Å². The van der Waals surface area contributed by atoms with Gasteiger partial charge in [-0.05, 0) is 24.5 Å². The maximum atomic E-state index is 12.2. The van der Waals surface area contributed by atoms with Gasteiger partial charge < -0.3 is 21.4 Å². The first-order valence-corrected chi connectivity index (χ1v) is 8.28. The number of benzene rings is 1. The summed E-state index contributed by atoms with van der Waals surface area (Å²) in [5.41, 5.74) is 7.11. The standard InChI is InChI=1S/C17H25N5O2/c1-3-11(2)15(22-17(18)24)16(23)19-10-6-9-14-20-12-7-4-5-8-13(12)21-14/h4-5,7-8,11,15H,3,6,9-10H2,1-2H3,(H,19,23)(H,20,21)(H3,18,22,24)/t11-,15-/m0/s1. The van der Waals surface area contributed by atoms with Gasteiger partial charge in [0.25, 0.3) is 0 Å². The summed E-state index contributed by atoms with van der Waals surface area (Å²) in [7, 11) is 0. The first-order chi connectivity index (χ1) is 11.5. The normalized spacial score (nSPS) is 13.4. The molecule has 0 saturated heterocycles. The van der Waals surface area contributed by atoms with E-state index in [2.05, 4.69) is 20.6 Å². The average Bonchev–Trinajstić information content (AvgIpc) is 2.98. The van der Waals surface area contributed by atoms with Crippen molar-refractivity contribution in [1.29, 1.82) is 0 Å². The summed E-state index contributed by atoms with van der Waals surface area (Å²) in [5, 5.41) is 5.37. The molecule has 2 aromatic rings. The highest BCUT2D eigenvalue weighted by Gasteiger charge is 2.24. The highest BCUT2D eigenvalue weighted by Crippen LogP contribution is 2.11. The molecule has 0 fully saturated rings. The molecule has 0 aliphatic heterocycles. The molecule has 2 atom stereocenters. The van der Waals surface area contributed by atoms with Crippen molar-refractivity contribution in [2.24, 2.45) is 11.7 Å². The second kappa shape index (κ2) is 8.33. The maximum Gasteiger partial charge on any atom is 0.312 e. The van der Waals surface area contributed by atoms with Gasteiger partial charge in [-0.3, -0.25) is 4.79 Å². The molecule has 0 aliphatic carbocycles. The number of fused-ring (bicyclic) bond motifs is 1. The number of para-hydroxylation sites is 2. The minimum absolute atomic E-state index is 0.0212. The Morgan fingerprint density at radius 3 is 2.75 bits per heavy atom. The molecule has 2 rings (SSSR count). The highest BCUT2D eigenvalue weighted by molar-refractivity contribution is 5.86. The number of carbonyl (C=O) groups is 2. The van der Waals surface area contributed by atoms with Crippen LogP contribution in [0.15, 0.2) is 24.3 Å². The minimum atomic E-state index is -0.683. The van der Waals surface area contributed by atoms with Crippen molar-refractivity contribution in [3.8, 4) is 0 Å². The zero-order chi connectivity index (χ0) is 17.5. The van der Waals surface area contributed by atoms with Crippen LogP contribution in [-0.2, 0) is 11.2 Å². The lowest BCUT2D eigenvalue weighted by Crippen LogP contribution is -2.51. The maximum absolute atomic E-state index is 12.2. The van der Waals surface area contributed by atoms with E-state index in [-0.39, 0.29) is 11.8 Å². The number of aromatic nitrogens is 2. The lowest BCUT2D eigenvalue weighted by molar-refractivity contribution is -0.124. The minimum Gasteiger partial charge on any atom is -0.354 e. The molecule has 0 spiro atoms. The zero-order valence-corrected chi connectivity index (χ0v) is 14.1. The van der Waals surface area contributed by atoms with Crippen LogP contribution >= 0.6 is 0 Å². The van der Waals surface area contributed by atoms with Crippen LogP contribution in [0.25, 0.3) is 11.0 Å². The first-order valence-electron chi connectivity index (χ1n) is 8.28. The van der Waals surface area contributed by atoms with Crippen molar-refractivity contribution in [1.82, 2.24) is 20.6 Å². The third kappa shape index (κ3) is 4.71. The van der Waals surface area contributed by atoms with Gasteiger partial charge in [0.1, 0.15) is 11.9 Å². The van der Waals surface area contributed by atoms with Crippen LogP contribution in [0.1, 0.15) is 32.5 Å². The summed E-state index contributed by atoms with van der Waals surface area (Å²) in [6.45, 7) is 4.40. The van der Waals surface area contributed by atoms with Gasteiger partial charge in [-0.15, -0.1) is 0 Å². The Kier molecular flexibility index (Phi) is 6.17. The van der Waals surface area contributed by atoms with Crippen LogP contribution in [-0.4, -0.2) is 34.5 Å². The monoisotopic (exact) mass is 331 g/mol. The van der Waals surface area contributed by atoms with Crippen LogP contribution in [0, 0.1) is 5.92 Å². The van der Waals surface area contributed by atoms with Gasteiger partial charge in [0.2, 0.25) is 5.91 Å². The predicted molar refractivity (Wildman–Crippen MR) is 93.4 cm³/mol. The fourth-order valence-corrected chi connectivity index (χ4v) is 2.56. The van der Waals surface area contributed by atoms with Gasteiger partial charge in [-0.25, -0.2) is 9.78 Å². The summed E-state index contributed by atoms with van der Waals surface area (Å²) < 4.78 is 0. The summed E-state index contributed by atoms with van der Waals surface area (Å²) in [6, 6.07) is 6.58. The Hall–Kier alpha value is -2.57. The van der Waals surface area contributed by atoms with Gasteiger partial charge >= 0.3 is 6.03 Å². The van der Waals surface area contributed by atoms with Crippen molar-refractivity contribution in [3.05, 3.63) is 30.1 Å². The van der Waals surface area contributed by atoms with Crippen molar-refractivity contribution < 1.29 is 9.59 Å². The summed E-state index contributed by atoms with van der Waals surface area (Å²) in [4.78, 5) is 31.0. The molecule has 7 heteroatoms. The number of amides is 3. The van der Waals surface area contributed by atoms with Crippen LogP contribution in [0.2, 0.25) is 0 Å². The molecule has 7 nitrogen and oxygen atoms in total. The number of aryl methyl sites for hydroxylation is 1. The SMILES string of the molecule is CC[C@H](C)[C@H](NC(N)=O)C(=O)NCCCc1nc2ccccc2[nH]1. The molecule has 0 radical (unpaired) electrons. The Morgan fingerprint density at radius 2 is 2.08 bits per heavy atom. The molecule has 1 aromatic heterocycles. The van der Waals surface area contributed by atoms with E-state index in [9.17, 15) is 9.59 Å². The fourth-order valence-electron chi connectivity index (χ4n) is 2.56. The Balaban J connectivity index is 1.81. The van der Waals surface area contributed by atoms with E-state index in [0.29, 0.717) is 6.54 Å². The molecule has 3 amide bonds. The van der Waals surface area contributed by atoms with Crippen LogP contribution < -0.4 is 16.4 Å². The number of primary amides is 1. The third-order valence-corrected chi connectivity index (χ3v) is 4.12. The average molecular weight is 331 g/mol. The van der Waals surface area contributed by atoms with E-state index < -0.39 is 12.1 Å². The van der Waals surface area contributed by atoms with E-state index in [1.807, 2.05) is 38.1 Å². The Morgan fingerprint density at radius 1 is 1.33 bits per heavy atom. The Bertz CT molecular complexity index is 664. The van der Waals surface area contributed by atoms with Gasteiger partial charge in [0.05, 0.1) is 11.0 Å². The Labute approximate surface area is 141 Å². The third-order valence-electron chi connectivity index (χ3n) is 4.12. The number of aromatic amines is 1. The molecular formula is C17H25N5O2. The van der Waals surface area contributed by atoms with Crippen molar-refractivity contribution in [2.45, 2.75) is 39.2 Å². The second-order valence-electron chi connectivity index (χ2n) is 5.97. The molecule has 24 heavy (non-hydrogen) atoms. The number of nitrogens with two attached hydrogens (primary N) is 1. The van der Waals surface area contributed by atoms with Crippen LogP contribution in [0.5, 0.6) is 0 Å². The number of nitrogens with one attached hydrogen (secondary N) is 3. The smallest absolute Gasteiger partial charge is 0.312 e. The number of nitrogens with zero attached hydrogens (tertiary/aromatic N) is 1. The fraction of sp³-hybridized carbons (Fsp3) is 0.471. The number of H-pyrrole nitrogens is 1. The molecule has 5 N–H and O–H groups in total. The number of hydrogen-bond donors (Lipinski definition) is 4. The van der Waals surface area contributed by atoms with E-state index in [4.69, 9.17) is 5.73 Å². The van der Waals surface area contributed by atoms with Crippen molar-refractivity contribution >= 4 is 23.0 Å². The van der Waals surface area contributed by atoms with Gasteiger partial charge in [0, 0.05) is 13.0 Å². The molecule has 1 heterocycles. The largest absolute Gasteiger partial charge is 0.354 e. The van der Waals surface area contributed by atoms with E-state index in [1.54, 1.807) is 0 Å². The van der Waals surface area contributed by atoms with E-state index in [1.165, 1.54) is 0 Å². The van der Waals surface area contributed by atoms with Gasteiger partial charge in [-0.2, -0.15) is 0 Å². The molecule has 130 valence electrons. The predicted octanol–water partition coefficient (Wildman–Crippen LogP) is 1.69. The molecular weight excluding hydrogens is 306 g/mol. The lowest BCUT2D eigenvalue weighted by atomic mass is 9.98. The quantitative estimate of drug-likeness (QED) is 0.552. The summed E-state index contributed by atoms with van der Waals surface area (Å²) in [6.07, 6.45) is 2.28. The second-order valence-corrected chi connectivity index (χ2v) is 5.97. The zero-order valence-electron chi connectivity index (χ0n) is 14.1. The van der Waals surface area contributed by atoms with Crippen molar-refractivity contribution in [3.63, 3.8) is 0 Å². The lowest BCUT2D eigenvalue weighted by Gasteiger charge is -2.22. The molecule has 0 bridgehead atoms. The van der Waals surface area contributed by atoms with Crippen molar-refractivity contribution in [2.75, 3.05) is 6.54 Å². The van der Waals surface area contributed by atoms with E-state index in [0.717, 1.165) is 36.1 Å². The first kappa shape index (κ1) is 17.8. The number of urea groups is 1. The summed E-state index contributed by atoms with van der Waals surface area (Å²) in [5.74, 6) is 0.722. The number of rotatable bonds is 8. The molecule has 0 unspecified atom stereocenters. The van der Waals surface area contributed by atoms with Gasteiger partial charge in [0.15, 0.2) is 0 Å².